The number of nitrogens with one attached hydrogen (secondary N) is 1. The topological polar surface area (TPSA) is 66.5 Å². The van der Waals surface area contributed by atoms with E-state index in [1.165, 1.54) is 29.2 Å². The van der Waals surface area contributed by atoms with Crippen LogP contribution in [0.1, 0.15) is 17.3 Å². The van der Waals surface area contributed by atoms with Crippen molar-refractivity contribution in [2.45, 2.75) is 11.8 Å². The van der Waals surface area contributed by atoms with E-state index < -0.39 is 10.0 Å². The first-order chi connectivity index (χ1) is 11.2. The predicted molar refractivity (Wildman–Crippen MR) is 96.3 cm³/mol. The molecule has 0 aliphatic carbocycles. The number of nitrogens with zero attached hydrogens (tertiary/aromatic N) is 1. The summed E-state index contributed by atoms with van der Waals surface area (Å²) < 4.78 is 27.4. The average Bonchev–Trinajstić information content (AvgIpc) is 2.55. The molecule has 0 bridgehead atoms. The summed E-state index contributed by atoms with van der Waals surface area (Å²) in [5.74, 6) is -0.195. The fourth-order valence-corrected chi connectivity index (χ4v) is 3.79. The number of sulfonamides is 1. The van der Waals surface area contributed by atoms with Crippen LogP contribution in [0.5, 0.6) is 0 Å². The van der Waals surface area contributed by atoms with Crippen LogP contribution in [0.3, 0.4) is 0 Å². The Labute approximate surface area is 151 Å². The number of carbonyl (C=O) groups excluding carboxylic acids is 1. The van der Waals surface area contributed by atoms with Crippen LogP contribution in [-0.2, 0) is 10.0 Å². The zero-order chi connectivity index (χ0) is 17.9. The summed E-state index contributed by atoms with van der Waals surface area (Å²) in [6.45, 7) is 2.40. The second-order valence-corrected chi connectivity index (χ2v) is 7.57. The maximum Gasteiger partial charge on any atom is 0.263 e. The van der Waals surface area contributed by atoms with Crippen molar-refractivity contribution >= 4 is 44.8 Å². The molecule has 0 saturated heterocycles. The second-order valence-electron chi connectivity index (χ2n) is 5.08. The molecule has 0 heterocycles. The average molecular weight is 387 g/mol. The van der Waals surface area contributed by atoms with Gasteiger partial charge in [0.1, 0.15) is 4.90 Å². The van der Waals surface area contributed by atoms with Gasteiger partial charge in [0.2, 0.25) is 0 Å². The molecule has 0 radical (unpaired) electrons. The first-order valence-corrected chi connectivity index (χ1v) is 9.32. The smallest absolute Gasteiger partial charge is 0.263 e. The van der Waals surface area contributed by atoms with Crippen molar-refractivity contribution < 1.29 is 13.2 Å². The highest BCUT2D eigenvalue weighted by atomic mass is 35.5. The highest BCUT2D eigenvalue weighted by Crippen LogP contribution is 2.27. The summed E-state index contributed by atoms with van der Waals surface area (Å²) in [7, 11) is -2.25. The first-order valence-electron chi connectivity index (χ1n) is 7.08. The summed E-state index contributed by atoms with van der Waals surface area (Å²) in [5.41, 5.74) is 0.651. The number of anilines is 1. The molecule has 0 aromatic heterocycles. The maximum atomic E-state index is 12.5. The Morgan fingerprint density at radius 1 is 1.17 bits per heavy atom. The van der Waals surface area contributed by atoms with Crippen LogP contribution in [0.15, 0.2) is 47.4 Å². The van der Waals surface area contributed by atoms with Crippen molar-refractivity contribution in [1.29, 1.82) is 0 Å². The van der Waals surface area contributed by atoms with Crippen LogP contribution < -0.4 is 4.72 Å². The highest BCUT2D eigenvalue weighted by molar-refractivity contribution is 7.92. The quantitative estimate of drug-likeness (QED) is 0.847. The zero-order valence-corrected chi connectivity index (χ0v) is 15.4. The van der Waals surface area contributed by atoms with E-state index in [4.69, 9.17) is 23.2 Å². The van der Waals surface area contributed by atoms with Gasteiger partial charge in [-0.1, -0.05) is 29.3 Å². The Morgan fingerprint density at radius 3 is 2.54 bits per heavy atom. The molecule has 1 N–H and O–H groups in total. The van der Waals surface area contributed by atoms with Crippen LogP contribution >= 0.6 is 23.2 Å². The Hall–Kier alpha value is -1.76. The molecule has 0 unspecified atom stereocenters. The molecular formula is C16H16Cl2N2O3S. The third kappa shape index (κ3) is 4.20. The summed E-state index contributed by atoms with van der Waals surface area (Å²) in [6, 6.07) is 10.4. The number of hydrogen-bond acceptors (Lipinski definition) is 3. The molecule has 0 aliphatic rings. The number of benzene rings is 2. The van der Waals surface area contributed by atoms with Gasteiger partial charge in [0.05, 0.1) is 5.02 Å². The van der Waals surface area contributed by atoms with E-state index in [9.17, 15) is 13.2 Å². The molecule has 8 heteroatoms. The maximum absolute atomic E-state index is 12.5. The van der Waals surface area contributed by atoms with Crippen molar-refractivity contribution in [3.63, 3.8) is 0 Å². The monoisotopic (exact) mass is 386 g/mol. The van der Waals surface area contributed by atoms with Gasteiger partial charge in [-0.3, -0.25) is 9.52 Å². The largest absolute Gasteiger partial charge is 0.342 e. The molecule has 0 aliphatic heterocycles. The van der Waals surface area contributed by atoms with Gasteiger partial charge in [-0.25, -0.2) is 8.42 Å². The van der Waals surface area contributed by atoms with Crippen LogP contribution in [0.25, 0.3) is 0 Å². The lowest BCUT2D eigenvalue weighted by Gasteiger charge is -2.15. The summed E-state index contributed by atoms with van der Waals surface area (Å²) in [4.78, 5) is 13.6. The molecule has 128 valence electrons. The zero-order valence-electron chi connectivity index (χ0n) is 13.1. The first kappa shape index (κ1) is 18.6. The number of rotatable bonds is 5. The fourth-order valence-electron chi connectivity index (χ4n) is 1.97. The Balaban J connectivity index is 2.34. The number of amides is 1. The van der Waals surface area contributed by atoms with E-state index in [1.54, 1.807) is 25.2 Å². The minimum atomic E-state index is -3.93. The third-order valence-electron chi connectivity index (χ3n) is 3.37. The minimum absolute atomic E-state index is 0.0600. The van der Waals surface area contributed by atoms with Crippen molar-refractivity contribution in [3.8, 4) is 0 Å². The summed E-state index contributed by atoms with van der Waals surface area (Å²) in [5, 5.41) is 0.318. The highest BCUT2D eigenvalue weighted by Gasteiger charge is 2.19. The van der Waals surface area contributed by atoms with E-state index in [1.807, 2.05) is 6.92 Å². The van der Waals surface area contributed by atoms with Crippen LogP contribution in [-0.4, -0.2) is 32.8 Å². The van der Waals surface area contributed by atoms with Crippen molar-refractivity contribution in [1.82, 2.24) is 4.90 Å². The van der Waals surface area contributed by atoms with Gasteiger partial charge in [0.15, 0.2) is 0 Å². The summed E-state index contributed by atoms with van der Waals surface area (Å²) in [6.07, 6.45) is 0. The van der Waals surface area contributed by atoms with Crippen LogP contribution in [0.4, 0.5) is 5.69 Å². The second kappa shape index (κ2) is 7.42. The molecule has 0 fully saturated rings. The van der Waals surface area contributed by atoms with E-state index in [-0.39, 0.29) is 26.5 Å². The third-order valence-corrected chi connectivity index (χ3v) is 5.46. The van der Waals surface area contributed by atoms with E-state index in [0.29, 0.717) is 12.1 Å². The van der Waals surface area contributed by atoms with Gasteiger partial charge >= 0.3 is 0 Å². The van der Waals surface area contributed by atoms with Crippen molar-refractivity contribution in [2.24, 2.45) is 0 Å². The Kier molecular flexibility index (Phi) is 5.74. The molecule has 2 aromatic carbocycles. The number of halogens is 2. The van der Waals surface area contributed by atoms with E-state index >= 15 is 0 Å². The molecule has 2 aromatic rings. The molecule has 0 spiro atoms. The van der Waals surface area contributed by atoms with Gasteiger partial charge in [-0.05, 0) is 43.3 Å². The SMILES string of the molecule is CCN(C)C(=O)c1cccc(NS(=O)(=O)c2cc(Cl)ccc2Cl)c1. The summed E-state index contributed by atoms with van der Waals surface area (Å²) >= 11 is 11.8. The lowest BCUT2D eigenvalue weighted by molar-refractivity contribution is 0.0802. The van der Waals surface area contributed by atoms with Crippen molar-refractivity contribution in [2.75, 3.05) is 18.3 Å². The van der Waals surface area contributed by atoms with E-state index in [2.05, 4.69) is 4.72 Å². The molecular weight excluding hydrogens is 371 g/mol. The normalized spacial score (nSPS) is 11.2. The minimum Gasteiger partial charge on any atom is -0.342 e. The molecule has 5 nitrogen and oxygen atoms in total. The molecule has 1 amide bonds. The van der Waals surface area contributed by atoms with Gasteiger partial charge in [-0.2, -0.15) is 0 Å². The number of hydrogen-bond donors (Lipinski definition) is 1. The van der Waals surface area contributed by atoms with Gasteiger partial charge in [0.25, 0.3) is 15.9 Å². The molecule has 0 atom stereocenters. The fraction of sp³-hybridized carbons (Fsp3) is 0.188. The molecule has 0 saturated carbocycles. The predicted octanol–water partition coefficient (Wildman–Crippen LogP) is 3.89. The van der Waals surface area contributed by atoms with E-state index in [0.717, 1.165) is 0 Å². The van der Waals surface area contributed by atoms with Gasteiger partial charge in [0, 0.05) is 29.9 Å². The van der Waals surface area contributed by atoms with Gasteiger partial charge < -0.3 is 4.90 Å². The van der Waals surface area contributed by atoms with Crippen LogP contribution in [0.2, 0.25) is 10.0 Å². The van der Waals surface area contributed by atoms with Gasteiger partial charge in [-0.15, -0.1) is 0 Å². The molecule has 24 heavy (non-hydrogen) atoms. The lowest BCUT2D eigenvalue weighted by Crippen LogP contribution is -2.26. The van der Waals surface area contributed by atoms with Crippen LogP contribution in [0, 0.1) is 0 Å². The standard InChI is InChI=1S/C16H16Cl2N2O3S/c1-3-20(2)16(21)11-5-4-6-13(9-11)19-24(22,23)15-10-12(17)7-8-14(15)18/h4-10,19H,3H2,1-2H3. The Morgan fingerprint density at radius 2 is 1.88 bits per heavy atom. The Bertz CT molecular complexity index is 869. The number of carbonyl (C=O) groups is 1. The molecule has 2 rings (SSSR count). The lowest BCUT2D eigenvalue weighted by atomic mass is 10.2. The van der Waals surface area contributed by atoms with Crippen molar-refractivity contribution in [3.05, 3.63) is 58.1 Å².